The molecule has 1 aromatic carbocycles. The molecule has 2 aliphatic heterocycles. The Morgan fingerprint density at radius 1 is 1.35 bits per heavy atom. The summed E-state index contributed by atoms with van der Waals surface area (Å²) < 4.78 is 0. The number of urea groups is 1. The first-order valence-electron chi connectivity index (χ1n) is 8.09. The molecule has 23 heavy (non-hydrogen) atoms. The first-order valence-corrected chi connectivity index (χ1v) is 8.09. The third-order valence-corrected chi connectivity index (χ3v) is 4.89. The number of rotatable bonds is 4. The van der Waals surface area contributed by atoms with Gasteiger partial charge in [0.2, 0.25) is 0 Å². The average molecular weight is 313 g/mol. The van der Waals surface area contributed by atoms with E-state index in [1.54, 1.807) is 12.1 Å². The molecule has 120 valence electrons. The van der Waals surface area contributed by atoms with Gasteiger partial charge >= 0.3 is 6.03 Å². The van der Waals surface area contributed by atoms with E-state index in [1.165, 1.54) is 4.90 Å². The Labute approximate surface area is 134 Å². The van der Waals surface area contributed by atoms with E-state index in [-0.39, 0.29) is 24.0 Å². The van der Waals surface area contributed by atoms with Gasteiger partial charge in [0.1, 0.15) is 11.6 Å². The van der Waals surface area contributed by atoms with Crippen LogP contribution in [0.25, 0.3) is 0 Å². The van der Waals surface area contributed by atoms with E-state index in [1.807, 2.05) is 18.2 Å². The van der Waals surface area contributed by atoms with Crippen LogP contribution in [0.2, 0.25) is 0 Å². The zero-order valence-corrected chi connectivity index (χ0v) is 13.0. The molecular weight excluding hydrogens is 294 g/mol. The number of carbonyl (C=O) groups is 2. The Balaban J connectivity index is 1.50. The van der Waals surface area contributed by atoms with E-state index in [2.05, 4.69) is 17.4 Å². The number of nitrogens with zero attached hydrogens (tertiary/aromatic N) is 2. The van der Waals surface area contributed by atoms with Crippen molar-refractivity contribution in [3.8, 4) is 0 Å². The van der Waals surface area contributed by atoms with Gasteiger partial charge in [-0.05, 0) is 25.0 Å². The van der Waals surface area contributed by atoms with Gasteiger partial charge in [-0.3, -0.25) is 4.79 Å². The summed E-state index contributed by atoms with van der Waals surface area (Å²) in [4.78, 5) is 31.9. The summed E-state index contributed by atoms with van der Waals surface area (Å²) in [6.07, 6.45) is 3.24. The second-order valence-electron chi connectivity index (χ2n) is 6.44. The Bertz CT molecular complexity index is 688. The average Bonchev–Trinajstić information content (AvgIpc) is 2.97. The van der Waals surface area contributed by atoms with Crippen LogP contribution in [0.15, 0.2) is 35.5 Å². The van der Waals surface area contributed by atoms with Crippen molar-refractivity contribution < 1.29 is 14.4 Å². The van der Waals surface area contributed by atoms with Crippen LogP contribution in [0, 0.1) is 5.92 Å². The highest BCUT2D eigenvalue weighted by Gasteiger charge is 2.70. The Morgan fingerprint density at radius 2 is 2.13 bits per heavy atom. The third kappa shape index (κ3) is 2.12. The number of hydrogen-bond acceptors (Lipinski definition) is 4. The maximum absolute atomic E-state index is 12.8. The standard InChI is InChI=1S/C17H19N3O3/c1-2-6-11-9-14(23-19-11)13-10-17(13)15(21)20(16(22)18-17)12-7-4-3-5-8-12/h3-5,7-8,13-14H,2,6,9-10H2,1H3,(H,18,22)/t13-,14-,17+/m0/s1. The fourth-order valence-corrected chi connectivity index (χ4v) is 3.63. The highest BCUT2D eigenvalue weighted by atomic mass is 16.6. The molecule has 0 bridgehead atoms. The van der Waals surface area contributed by atoms with Crippen molar-refractivity contribution in [3.63, 3.8) is 0 Å². The van der Waals surface area contributed by atoms with Gasteiger partial charge < -0.3 is 10.2 Å². The Morgan fingerprint density at radius 3 is 2.87 bits per heavy atom. The summed E-state index contributed by atoms with van der Waals surface area (Å²) in [6, 6.07) is 8.67. The monoisotopic (exact) mass is 313 g/mol. The molecule has 3 atom stereocenters. The molecule has 1 aromatic rings. The van der Waals surface area contributed by atoms with Crippen LogP contribution in [0.3, 0.4) is 0 Å². The van der Waals surface area contributed by atoms with Gasteiger partial charge in [0.15, 0.2) is 0 Å². The molecule has 2 fully saturated rings. The van der Waals surface area contributed by atoms with Crippen LogP contribution in [0.1, 0.15) is 32.6 Å². The number of oxime groups is 1. The van der Waals surface area contributed by atoms with Crippen molar-refractivity contribution in [3.05, 3.63) is 30.3 Å². The van der Waals surface area contributed by atoms with Crippen molar-refractivity contribution in [2.75, 3.05) is 4.90 Å². The molecule has 0 unspecified atom stereocenters. The summed E-state index contributed by atoms with van der Waals surface area (Å²) in [7, 11) is 0. The lowest BCUT2D eigenvalue weighted by atomic mass is 10.0. The number of anilines is 1. The number of nitrogens with one attached hydrogen (secondary N) is 1. The van der Waals surface area contributed by atoms with Crippen LogP contribution in [-0.4, -0.2) is 29.3 Å². The minimum atomic E-state index is -0.797. The number of imide groups is 1. The predicted octanol–water partition coefficient (Wildman–Crippen LogP) is 2.45. The summed E-state index contributed by atoms with van der Waals surface area (Å²) >= 11 is 0. The first-order chi connectivity index (χ1) is 11.2. The topological polar surface area (TPSA) is 71.0 Å². The van der Waals surface area contributed by atoms with E-state index in [9.17, 15) is 9.59 Å². The lowest BCUT2D eigenvalue weighted by Crippen LogP contribution is -2.37. The van der Waals surface area contributed by atoms with Gasteiger partial charge in [-0.2, -0.15) is 0 Å². The normalized spacial score (nSPS) is 32.0. The van der Waals surface area contributed by atoms with Gasteiger partial charge in [-0.15, -0.1) is 0 Å². The van der Waals surface area contributed by atoms with E-state index < -0.39 is 5.54 Å². The van der Waals surface area contributed by atoms with Crippen LogP contribution >= 0.6 is 0 Å². The third-order valence-electron chi connectivity index (χ3n) is 4.89. The predicted molar refractivity (Wildman–Crippen MR) is 85.1 cm³/mol. The largest absolute Gasteiger partial charge is 0.392 e. The van der Waals surface area contributed by atoms with Crippen LogP contribution in [-0.2, 0) is 9.63 Å². The second-order valence-corrected chi connectivity index (χ2v) is 6.44. The maximum atomic E-state index is 12.8. The minimum Gasteiger partial charge on any atom is -0.392 e. The smallest absolute Gasteiger partial charge is 0.329 e. The quantitative estimate of drug-likeness (QED) is 0.868. The highest BCUT2D eigenvalue weighted by Crippen LogP contribution is 2.52. The number of amides is 3. The number of carbonyl (C=O) groups excluding carboxylic acids is 2. The molecule has 1 spiro atoms. The van der Waals surface area contributed by atoms with Crippen LogP contribution < -0.4 is 10.2 Å². The van der Waals surface area contributed by atoms with Crippen molar-refractivity contribution in [1.82, 2.24) is 5.32 Å². The molecular formula is C17H19N3O3. The molecule has 1 saturated heterocycles. The van der Waals surface area contributed by atoms with Crippen molar-refractivity contribution in [2.24, 2.45) is 11.1 Å². The van der Waals surface area contributed by atoms with E-state index in [0.29, 0.717) is 12.1 Å². The highest BCUT2D eigenvalue weighted by molar-refractivity contribution is 6.24. The van der Waals surface area contributed by atoms with Crippen molar-refractivity contribution >= 4 is 23.3 Å². The molecule has 4 rings (SSSR count). The molecule has 1 saturated carbocycles. The molecule has 3 amide bonds. The van der Waals surface area contributed by atoms with E-state index >= 15 is 0 Å². The molecule has 3 aliphatic rings. The molecule has 0 radical (unpaired) electrons. The zero-order valence-electron chi connectivity index (χ0n) is 13.0. The SMILES string of the molecule is CCCC1=NO[C@H]([C@@H]2C[C@@]23NC(=O)N(c2ccccc2)C3=O)C1. The molecule has 6 heteroatoms. The van der Waals surface area contributed by atoms with E-state index in [0.717, 1.165) is 25.0 Å². The summed E-state index contributed by atoms with van der Waals surface area (Å²) in [5.74, 6) is -0.169. The first kappa shape index (κ1) is 14.2. The second kappa shape index (κ2) is 5.08. The van der Waals surface area contributed by atoms with Gasteiger partial charge in [-0.1, -0.05) is 36.7 Å². The fourth-order valence-electron chi connectivity index (χ4n) is 3.63. The summed E-state index contributed by atoms with van der Waals surface area (Å²) in [5, 5.41) is 7.01. The van der Waals surface area contributed by atoms with Crippen molar-refractivity contribution in [1.29, 1.82) is 0 Å². The zero-order chi connectivity index (χ0) is 16.0. The molecule has 2 heterocycles. The van der Waals surface area contributed by atoms with Crippen LogP contribution in [0.4, 0.5) is 10.5 Å². The number of hydrogen-bond donors (Lipinski definition) is 1. The molecule has 6 nitrogen and oxygen atoms in total. The number of benzene rings is 1. The summed E-state index contributed by atoms with van der Waals surface area (Å²) in [5.41, 5.74) is 0.860. The summed E-state index contributed by atoms with van der Waals surface area (Å²) in [6.45, 7) is 2.10. The maximum Gasteiger partial charge on any atom is 0.329 e. The van der Waals surface area contributed by atoms with Gasteiger partial charge in [0, 0.05) is 12.3 Å². The lowest BCUT2D eigenvalue weighted by molar-refractivity contribution is -0.120. The van der Waals surface area contributed by atoms with E-state index in [4.69, 9.17) is 4.84 Å². The van der Waals surface area contributed by atoms with Gasteiger partial charge in [0.05, 0.1) is 11.4 Å². The molecule has 1 aliphatic carbocycles. The van der Waals surface area contributed by atoms with Crippen molar-refractivity contribution in [2.45, 2.75) is 44.2 Å². The Hall–Kier alpha value is -2.37. The van der Waals surface area contributed by atoms with Crippen LogP contribution in [0.5, 0.6) is 0 Å². The molecule has 1 N–H and O–H groups in total. The lowest BCUT2D eigenvalue weighted by Gasteiger charge is -2.14. The fraction of sp³-hybridized carbons (Fsp3) is 0.471. The number of para-hydroxylation sites is 1. The Kier molecular flexibility index (Phi) is 3.14. The molecule has 0 aromatic heterocycles. The van der Waals surface area contributed by atoms with Gasteiger partial charge in [-0.25, -0.2) is 9.69 Å². The minimum absolute atomic E-state index is 0.00534. The van der Waals surface area contributed by atoms with Gasteiger partial charge in [0.25, 0.3) is 5.91 Å².